The Balaban J connectivity index is 0.00000261. The van der Waals surface area contributed by atoms with Gasteiger partial charge in [-0.2, -0.15) is 0 Å². The van der Waals surface area contributed by atoms with E-state index in [1.165, 1.54) is 0 Å². The molecule has 2 fully saturated rings. The average molecular weight is 507 g/mol. The molecule has 2 aliphatic heterocycles. The Bertz CT molecular complexity index is 712. The van der Waals surface area contributed by atoms with Gasteiger partial charge in [0.25, 0.3) is 0 Å². The molecule has 2 saturated heterocycles. The number of hydrogen-bond acceptors (Lipinski definition) is 4. The van der Waals surface area contributed by atoms with Crippen LogP contribution in [0.1, 0.15) is 38.2 Å². The fourth-order valence-electron chi connectivity index (χ4n) is 3.66. The van der Waals surface area contributed by atoms with E-state index >= 15 is 0 Å². The molecule has 1 aromatic rings. The van der Waals surface area contributed by atoms with Crippen molar-refractivity contribution in [3.63, 3.8) is 0 Å². The van der Waals surface area contributed by atoms with Gasteiger partial charge in [0.2, 0.25) is 0 Å². The van der Waals surface area contributed by atoms with Crippen LogP contribution in [-0.2, 0) is 20.3 Å². The van der Waals surface area contributed by atoms with Gasteiger partial charge in [0.05, 0.1) is 29.8 Å². The quantitative estimate of drug-likeness (QED) is 0.245. The predicted molar refractivity (Wildman–Crippen MR) is 119 cm³/mol. The average Bonchev–Trinajstić information content (AvgIpc) is 3.22. The second-order valence-electron chi connectivity index (χ2n) is 7.05. The first-order chi connectivity index (χ1) is 12.6. The number of aliphatic imine (C=N–C) groups is 1. The van der Waals surface area contributed by atoms with Crippen LogP contribution in [0.5, 0.6) is 0 Å². The molecule has 2 heterocycles. The highest BCUT2D eigenvalue weighted by atomic mass is 127. The number of nitrogens with one attached hydrogen (secondary N) is 2. The van der Waals surface area contributed by atoms with Gasteiger partial charge in [-0.15, -0.1) is 24.0 Å². The van der Waals surface area contributed by atoms with Crippen molar-refractivity contribution in [3.8, 4) is 0 Å². The fourth-order valence-corrected chi connectivity index (χ4v) is 5.07. The molecule has 0 aliphatic carbocycles. The van der Waals surface area contributed by atoms with Crippen LogP contribution in [0.25, 0.3) is 0 Å². The Morgan fingerprint density at radius 3 is 2.67 bits per heavy atom. The third kappa shape index (κ3) is 6.90. The molecule has 3 unspecified atom stereocenters. The summed E-state index contributed by atoms with van der Waals surface area (Å²) >= 11 is 0. The van der Waals surface area contributed by atoms with Gasteiger partial charge in [-0.3, -0.25) is 4.99 Å². The van der Waals surface area contributed by atoms with Crippen LogP contribution in [0.3, 0.4) is 0 Å². The van der Waals surface area contributed by atoms with Crippen LogP contribution in [0.4, 0.5) is 0 Å². The molecule has 0 radical (unpaired) electrons. The van der Waals surface area contributed by atoms with Gasteiger partial charge in [-0.1, -0.05) is 30.3 Å². The second kappa shape index (κ2) is 10.6. The van der Waals surface area contributed by atoms with Gasteiger partial charge in [0.15, 0.2) is 15.8 Å². The lowest BCUT2D eigenvalue weighted by molar-refractivity contribution is 0.0992. The highest BCUT2D eigenvalue weighted by molar-refractivity contribution is 14.0. The highest BCUT2D eigenvalue weighted by Crippen LogP contribution is 2.34. The zero-order chi connectivity index (χ0) is 18.4. The molecule has 6 nitrogen and oxygen atoms in total. The second-order valence-corrected chi connectivity index (χ2v) is 9.24. The summed E-state index contributed by atoms with van der Waals surface area (Å²) in [6, 6.07) is 9.63. The van der Waals surface area contributed by atoms with Crippen LogP contribution in [-0.4, -0.2) is 51.5 Å². The molecule has 2 bridgehead atoms. The first-order valence-electron chi connectivity index (χ1n) is 9.50. The van der Waals surface area contributed by atoms with E-state index in [-0.39, 0.29) is 41.6 Å². The summed E-state index contributed by atoms with van der Waals surface area (Å²) in [6.45, 7) is 3.30. The molecule has 2 aliphatic rings. The zero-order valence-corrected chi connectivity index (χ0v) is 18.9. The molecule has 1 aromatic carbocycles. The van der Waals surface area contributed by atoms with Crippen molar-refractivity contribution in [1.29, 1.82) is 0 Å². The SMILES string of the molecule is CCNC(=NCCCS(=O)(=O)Cc1ccccc1)NC1CC2CCC1O2.I. The largest absolute Gasteiger partial charge is 0.373 e. The summed E-state index contributed by atoms with van der Waals surface area (Å²) in [5.41, 5.74) is 0.835. The molecule has 0 amide bonds. The molecule has 0 aromatic heterocycles. The van der Waals surface area contributed by atoms with Crippen LogP contribution in [0.2, 0.25) is 0 Å². The molecule has 152 valence electrons. The number of halogens is 1. The molecular formula is C19H30IN3O3S. The number of benzene rings is 1. The molecule has 0 saturated carbocycles. The van der Waals surface area contributed by atoms with E-state index < -0.39 is 9.84 Å². The first kappa shape index (κ1) is 22.4. The zero-order valence-electron chi connectivity index (χ0n) is 15.8. The number of hydrogen-bond donors (Lipinski definition) is 2. The lowest BCUT2D eigenvalue weighted by Gasteiger charge is -2.22. The number of sulfone groups is 1. The Kier molecular flexibility index (Phi) is 8.81. The summed E-state index contributed by atoms with van der Waals surface area (Å²) in [4.78, 5) is 4.55. The van der Waals surface area contributed by atoms with E-state index in [0.717, 1.165) is 37.3 Å². The molecule has 0 spiro atoms. The van der Waals surface area contributed by atoms with Crippen LogP contribution < -0.4 is 10.6 Å². The molecule has 2 N–H and O–H groups in total. The summed E-state index contributed by atoms with van der Waals surface area (Å²) < 4.78 is 30.3. The van der Waals surface area contributed by atoms with Gasteiger partial charge in [0, 0.05) is 13.1 Å². The summed E-state index contributed by atoms with van der Waals surface area (Å²) in [7, 11) is -3.10. The third-order valence-electron chi connectivity index (χ3n) is 4.89. The lowest BCUT2D eigenvalue weighted by atomic mass is 9.96. The first-order valence-corrected chi connectivity index (χ1v) is 11.3. The number of fused-ring (bicyclic) bond motifs is 2. The van der Waals surface area contributed by atoms with Gasteiger partial charge in [-0.25, -0.2) is 8.42 Å². The van der Waals surface area contributed by atoms with E-state index in [9.17, 15) is 8.42 Å². The number of rotatable bonds is 8. The minimum Gasteiger partial charge on any atom is -0.373 e. The van der Waals surface area contributed by atoms with Crippen molar-refractivity contribution in [2.75, 3.05) is 18.8 Å². The van der Waals surface area contributed by atoms with Gasteiger partial charge >= 0.3 is 0 Å². The predicted octanol–water partition coefficient (Wildman–Crippen LogP) is 2.48. The Morgan fingerprint density at radius 1 is 1.26 bits per heavy atom. The molecule has 8 heteroatoms. The topological polar surface area (TPSA) is 79.8 Å². The van der Waals surface area contributed by atoms with Crippen molar-refractivity contribution in [2.45, 2.75) is 56.6 Å². The van der Waals surface area contributed by atoms with Crippen molar-refractivity contribution in [1.82, 2.24) is 10.6 Å². The highest BCUT2D eigenvalue weighted by Gasteiger charge is 2.41. The number of guanidine groups is 1. The Morgan fingerprint density at radius 2 is 2.04 bits per heavy atom. The molecule has 3 atom stereocenters. The smallest absolute Gasteiger partial charge is 0.191 e. The summed E-state index contributed by atoms with van der Waals surface area (Å²) in [5, 5.41) is 6.69. The maximum Gasteiger partial charge on any atom is 0.191 e. The van der Waals surface area contributed by atoms with Gasteiger partial charge in [-0.05, 0) is 38.2 Å². The van der Waals surface area contributed by atoms with E-state index in [1.54, 1.807) is 0 Å². The maximum atomic E-state index is 12.2. The number of nitrogens with zero attached hydrogens (tertiary/aromatic N) is 1. The van der Waals surface area contributed by atoms with Crippen LogP contribution >= 0.6 is 24.0 Å². The van der Waals surface area contributed by atoms with Crippen molar-refractivity contribution >= 4 is 39.8 Å². The van der Waals surface area contributed by atoms with Crippen molar-refractivity contribution in [2.24, 2.45) is 4.99 Å². The standard InChI is InChI=1S/C19H29N3O3S.HI/c1-2-20-19(22-17-13-16-9-10-18(17)25-16)21-11-6-12-26(23,24)14-15-7-4-3-5-8-15;/h3-5,7-8,16-18H,2,6,9-14H2,1H3,(H2,20,21,22);1H. The molecule has 27 heavy (non-hydrogen) atoms. The maximum absolute atomic E-state index is 12.2. The van der Waals surface area contributed by atoms with E-state index in [4.69, 9.17) is 4.74 Å². The summed E-state index contributed by atoms with van der Waals surface area (Å²) in [6.07, 6.45) is 4.51. The lowest BCUT2D eigenvalue weighted by Crippen LogP contribution is -2.47. The summed E-state index contributed by atoms with van der Waals surface area (Å²) in [5.74, 6) is 1.01. The fraction of sp³-hybridized carbons (Fsp3) is 0.632. The normalized spacial score (nSPS) is 24.5. The van der Waals surface area contributed by atoms with E-state index in [1.807, 2.05) is 37.3 Å². The van der Waals surface area contributed by atoms with Crippen molar-refractivity contribution < 1.29 is 13.2 Å². The van der Waals surface area contributed by atoms with E-state index in [2.05, 4.69) is 15.6 Å². The molecular weight excluding hydrogens is 477 g/mol. The number of ether oxygens (including phenoxy) is 1. The van der Waals surface area contributed by atoms with Gasteiger partial charge in [0.1, 0.15) is 0 Å². The molecule has 3 rings (SSSR count). The minimum atomic E-state index is -3.10. The van der Waals surface area contributed by atoms with E-state index in [0.29, 0.717) is 25.1 Å². The van der Waals surface area contributed by atoms with Crippen LogP contribution in [0, 0.1) is 0 Å². The van der Waals surface area contributed by atoms with Crippen LogP contribution in [0.15, 0.2) is 35.3 Å². The third-order valence-corrected chi connectivity index (χ3v) is 6.57. The minimum absolute atomic E-state index is 0. The monoisotopic (exact) mass is 507 g/mol. The Hall–Kier alpha value is -0.870. The van der Waals surface area contributed by atoms with Gasteiger partial charge < -0.3 is 15.4 Å². The van der Waals surface area contributed by atoms with Crippen molar-refractivity contribution in [3.05, 3.63) is 35.9 Å². The Labute approximate surface area is 179 Å².